The van der Waals surface area contributed by atoms with Gasteiger partial charge in [-0.15, -0.1) is 0 Å². The van der Waals surface area contributed by atoms with Crippen molar-refractivity contribution in [2.45, 2.75) is 51.0 Å². The third kappa shape index (κ3) is 5.94. The second-order valence-corrected chi connectivity index (χ2v) is 8.68. The number of phenols is 2. The first-order valence-electron chi connectivity index (χ1n) is 9.53. The van der Waals surface area contributed by atoms with Crippen LogP contribution in [0.4, 0.5) is 13.2 Å². The highest BCUT2D eigenvalue weighted by Crippen LogP contribution is 2.34. The number of phenolic OH excluding ortho intramolecular Hbond substituents is 2. The van der Waals surface area contributed by atoms with Gasteiger partial charge in [0.25, 0.3) is 5.91 Å². The lowest BCUT2D eigenvalue weighted by Gasteiger charge is -2.39. The smallest absolute Gasteiger partial charge is 0.405 e. The summed E-state index contributed by atoms with van der Waals surface area (Å²) in [4.78, 5) is 13.6. The van der Waals surface area contributed by atoms with Crippen molar-refractivity contribution in [1.29, 1.82) is 5.41 Å². The number of aromatic hydroxyl groups is 2. The van der Waals surface area contributed by atoms with Crippen molar-refractivity contribution in [2.75, 3.05) is 18.1 Å². The maximum Gasteiger partial charge on any atom is 0.405 e. The van der Waals surface area contributed by atoms with E-state index < -0.39 is 24.8 Å². The predicted octanol–water partition coefficient (Wildman–Crippen LogP) is 2.71. The topological polar surface area (TPSA) is 123 Å². The zero-order valence-corrected chi connectivity index (χ0v) is 17.6. The number of hydrogen-bond acceptors (Lipinski definition) is 6. The summed E-state index contributed by atoms with van der Waals surface area (Å²) < 4.78 is 37.5. The minimum atomic E-state index is -4.59. The molecule has 2 rings (SSSR count). The quantitative estimate of drug-likeness (QED) is 0.259. The van der Waals surface area contributed by atoms with Crippen molar-refractivity contribution < 1.29 is 28.2 Å². The molecule has 0 aliphatic carbocycles. The average Bonchev–Trinajstić information content (AvgIpc) is 2.66. The summed E-state index contributed by atoms with van der Waals surface area (Å²) in [7, 11) is 0. The molecule has 6 N–H and O–H groups in total. The van der Waals surface area contributed by atoms with Crippen LogP contribution < -0.4 is 11.1 Å². The molecule has 1 aliphatic rings. The van der Waals surface area contributed by atoms with Crippen molar-refractivity contribution in [1.82, 2.24) is 10.2 Å². The molecule has 1 fully saturated rings. The largest absolute Gasteiger partial charge is 0.508 e. The average molecular weight is 449 g/mol. The Morgan fingerprint density at radius 2 is 1.90 bits per heavy atom. The van der Waals surface area contributed by atoms with E-state index in [4.69, 9.17) is 11.1 Å². The van der Waals surface area contributed by atoms with Crippen LogP contribution in [0.15, 0.2) is 12.1 Å². The van der Waals surface area contributed by atoms with Gasteiger partial charge in [0.15, 0.2) is 6.17 Å². The van der Waals surface area contributed by atoms with Gasteiger partial charge in [-0.2, -0.15) is 24.9 Å². The van der Waals surface area contributed by atoms with Crippen LogP contribution in [0.1, 0.15) is 43.7 Å². The van der Waals surface area contributed by atoms with Gasteiger partial charge in [0.05, 0.1) is 5.56 Å². The van der Waals surface area contributed by atoms with Gasteiger partial charge in [-0.25, -0.2) is 0 Å². The molecule has 1 unspecified atom stereocenters. The Bertz CT molecular complexity index is 783. The first-order chi connectivity index (χ1) is 13.9. The van der Waals surface area contributed by atoms with Gasteiger partial charge >= 0.3 is 6.18 Å². The zero-order chi connectivity index (χ0) is 22.6. The summed E-state index contributed by atoms with van der Waals surface area (Å²) in [6.07, 6.45) is -4.95. The Morgan fingerprint density at radius 1 is 1.30 bits per heavy atom. The Hall–Kier alpha value is -2.14. The predicted molar refractivity (Wildman–Crippen MR) is 110 cm³/mol. The number of nitrogens with one attached hydrogen (secondary N) is 2. The second-order valence-electron chi connectivity index (χ2n) is 7.46. The Morgan fingerprint density at radius 3 is 2.43 bits per heavy atom. The van der Waals surface area contributed by atoms with Gasteiger partial charge in [0.1, 0.15) is 23.9 Å². The summed E-state index contributed by atoms with van der Waals surface area (Å²) in [5.74, 6) is -0.445. The summed E-state index contributed by atoms with van der Waals surface area (Å²) in [6.45, 7) is 2.13. The molecule has 1 heterocycles. The number of rotatable bonds is 6. The SMILES string of the molecule is CC(C)c1cc(C(=N)N(C2CCSCC2)C(N)C(=O)NCC(F)(F)F)c(O)cc1O. The molecule has 1 aliphatic heterocycles. The molecule has 11 heteroatoms. The van der Waals surface area contributed by atoms with Crippen LogP contribution >= 0.6 is 11.8 Å². The Kier molecular flexibility index (Phi) is 7.87. The third-order valence-corrected chi connectivity index (χ3v) is 5.94. The normalized spacial score (nSPS) is 16.4. The highest BCUT2D eigenvalue weighted by atomic mass is 32.2. The van der Waals surface area contributed by atoms with Crippen molar-refractivity contribution >= 4 is 23.5 Å². The molecule has 1 aromatic rings. The van der Waals surface area contributed by atoms with E-state index in [9.17, 15) is 28.2 Å². The molecule has 30 heavy (non-hydrogen) atoms. The number of amidine groups is 1. The van der Waals surface area contributed by atoms with Crippen LogP contribution in [0.5, 0.6) is 11.5 Å². The van der Waals surface area contributed by atoms with Crippen molar-refractivity contribution in [3.8, 4) is 11.5 Å². The van der Waals surface area contributed by atoms with Crippen LogP contribution in [0.3, 0.4) is 0 Å². The summed E-state index contributed by atoms with van der Waals surface area (Å²) in [5, 5.41) is 30.8. The van der Waals surface area contributed by atoms with Crippen molar-refractivity contribution in [3.05, 3.63) is 23.3 Å². The van der Waals surface area contributed by atoms with Gasteiger partial charge in [-0.3, -0.25) is 10.2 Å². The minimum Gasteiger partial charge on any atom is -0.508 e. The molecule has 1 amide bonds. The van der Waals surface area contributed by atoms with E-state index in [-0.39, 0.29) is 34.9 Å². The van der Waals surface area contributed by atoms with Gasteiger partial charge in [-0.05, 0) is 41.9 Å². The number of hydrogen-bond donors (Lipinski definition) is 5. The number of alkyl halides is 3. The second kappa shape index (κ2) is 9.78. The fraction of sp³-hybridized carbons (Fsp3) is 0.579. The molecule has 7 nitrogen and oxygen atoms in total. The van der Waals surface area contributed by atoms with Gasteiger partial charge in [-0.1, -0.05) is 13.8 Å². The molecule has 0 saturated carbocycles. The lowest BCUT2D eigenvalue weighted by molar-refractivity contribution is -0.141. The van der Waals surface area contributed by atoms with Crippen molar-refractivity contribution in [2.24, 2.45) is 5.73 Å². The van der Waals surface area contributed by atoms with E-state index in [0.717, 1.165) is 17.6 Å². The van der Waals surface area contributed by atoms with E-state index in [2.05, 4.69) is 0 Å². The number of carbonyl (C=O) groups is 1. The standard InChI is InChI=1S/C19H27F3N4O3S/c1-10(2)12-7-13(15(28)8-14(12)27)16(23)26(11-3-5-30-6-4-11)17(24)18(29)25-9-19(20,21)22/h7-8,10-11,17,23,27-28H,3-6,9,24H2,1-2H3,(H,25,29). The molecule has 168 valence electrons. The summed E-state index contributed by atoms with van der Waals surface area (Å²) in [5.41, 5.74) is 6.54. The third-order valence-electron chi connectivity index (χ3n) is 4.90. The van der Waals surface area contributed by atoms with E-state index in [1.165, 1.54) is 11.0 Å². The molecule has 0 bridgehead atoms. The van der Waals surface area contributed by atoms with Gasteiger partial charge < -0.3 is 26.2 Å². The van der Waals surface area contributed by atoms with E-state index in [1.54, 1.807) is 17.1 Å². The Balaban J connectivity index is 2.38. The Labute approximate surface area is 177 Å². The lowest BCUT2D eigenvalue weighted by Crippen LogP contribution is -2.59. The number of carbonyl (C=O) groups excluding carboxylic acids is 1. The molecule has 1 saturated heterocycles. The molecule has 0 spiro atoms. The fourth-order valence-electron chi connectivity index (χ4n) is 3.32. The fourth-order valence-corrected chi connectivity index (χ4v) is 4.40. The lowest BCUT2D eigenvalue weighted by atomic mass is 9.97. The molecular weight excluding hydrogens is 421 g/mol. The van der Waals surface area contributed by atoms with Crippen LogP contribution in [0.25, 0.3) is 0 Å². The number of nitrogens with two attached hydrogens (primary N) is 1. The highest BCUT2D eigenvalue weighted by molar-refractivity contribution is 7.99. The molecular formula is C19H27F3N4O3S. The first kappa shape index (κ1) is 24.1. The highest BCUT2D eigenvalue weighted by Gasteiger charge is 2.35. The van der Waals surface area contributed by atoms with Crippen LogP contribution in [-0.4, -0.2) is 63.3 Å². The molecule has 0 radical (unpaired) electrons. The number of nitrogens with zero attached hydrogens (tertiary/aromatic N) is 1. The van der Waals surface area contributed by atoms with E-state index >= 15 is 0 Å². The molecule has 1 atom stereocenters. The van der Waals surface area contributed by atoms with Crippen molar-refractivity contribution in [3.63, 3.8) is 0 Å². The summed E-state index contributed by atoms with van der Waals surface area (Å²) in [6, 6.07) is 2.22. The monoisotopic (exact) mass is 448 g/mol. The number of thioether (sulfide) groups is 1. The number of halogens is 3. The summed E-state index contributed by atoms with van der Waals surface area (Å²) >= 11 is 1.70. The first-order valence-corrected chi connectivity index (χ1v) is 10.7. The molecule has 0 aromatic heterocycles. The minimum absolute atomic E-state index is 0.0498. The zero-order valence-electron chi connectivity index (χ0n) is 16.8. The maximum atomic E-state index is 12.5. The van der Waals surface area contributed by atoms with Crippen LogP contribution in [0, 0.1) is 5.41 Å². The number of amides is 1. The number of benzene rings is 1. The van der Waals surface area contributed by atoms with E-state index in [1.807, 2.05) is 13.8 Å². The molecule has 1 aromatic carbocycles. The van der Waals surface area contributed by atoms with E-state index in [0.29, 0.717) is 18.4 Å². The van der Waals surface area contributed by atoms with Crippen LogP contribution in [-0.2, 0) is 4.79 Å². The maximum absolute atomic E-state index is 12.5. The van der Waals surface area contributed by atoms with Gasteiger partial charge in [0, 0.05) is 12.1 Å². The van der Waals surface area contributed by atoms with Gasteiger partial charge in [0.2, 0.25) is 0 Å². The van der Waals surface area contributed by atoms with Crippen LogP contribution in [0.2, 0.25) is 0 Å².